The standard InChI is InChI=1S/C14H19NO2/c1-10-6-5-7-11(2)15(10)13-9-4-3-8-12(13)14(16)17/h3-4,8-11H,5-7H2,1-2H3,(H,16,17)/t10-,11+. The van der Waals surface area contributed by atoms with Crippen LogP contribution in [0.5, 0.6) is 0 Å². The van der Waals surface area contributed by atoms with Crippen molar-refractivity contribution in [3.63, 3.8) is 0 Å². The Kier molecular flexibility index (Phi) is 3.36. The molecule has 3 nitrogen and oxygen atoms in total. The Hall–Kier alpha value is -1.51. The van der Waals surface area contributed by atoms with Crippen molar-refractivity contribution in [1.82, 2.24) is 0 Å². The monoisotopic (exact) mass is 233 g/mol. The molecule has 0 aromatic heterocycles. The number of hydrogen-bond donors (Lipinski definition) is 1. The average molecular weight is 233 g/mol. The van der Waals surface area contributed by atoms with Crippen LogP contribution in [0.1, 0.15) is 43.5 Å². The third kappa shape index (κ3) is 2.28. The van der Waals surface area contributed by atoms with Crippen LogP contribution in [0.2, 0.25) is 0 Å². The topological polar surface area (TPSA) is 40.5 Å². The van der Waals surface area contributed by atoms with Gasteiger partial charge in [0.05, 0.1) is 11.3 Å². The smallest absolute Gasteiger partial charge is 0.337 e. The van der Waals surface area contributed by atoms with Gasteiger partial charge < -0.3 is 10.0 Å². The maximum atomic E-state index is 11.3. The second-order valence-electron chi connectivity index (χ2n) is 4.86. The van der Waals surface area contributed by atoms with E-state index in [9.17, 15) is 9.90 Å². The highest BCUT2D eigenvalue weighted by Crippen LogP contribution is 2.31. The molecular formula is C14H19NO2. The highest BCUT2D eigenvalue weighted by molar-refractivity contribution is 5.94. The van der Waals surface area contributed by atoms with Gasteiger partial charge in [-0.15, -0.1) is 0 Å². The molecule has 2 atom stereocenters. The summed E-state index contributed by atoms with van der Waals surface area (Å²) in [7, 11) is 0. The zero-order chi connectivity index (χ0) is 12.4. The van der Waals surface area contributed by atoms with Crippen LogP contribution in [0.25, 0.3) is 0 Å². The second kappa shape index (κ2) is 4.78. The van der Waals surface area contributed by atoms with E-state index in [1.165, 1.54) is 6.42 Å². The normalized spacial score (nSPS) is 24.7. The van der Waals surface area contributed by atoms with E-state index in [-0.39, 0.29) is 0 Å². The summed E-state index contributed by atoms with van der Waals surface area (Å²) in [5.74, 6) is -0.842. The number of anilines is 1. The van der Waals surface area contributed by atoms with E-state index < -0.39 is 5.97 Å². The lowest BCUT2D eigenvalue weighted by Crippen LogP contribution is -2.44. The maximum absolute atomic E-state index is 11.3. The molecule has 1 fully saturated rings. The Morgan fingerprint density at radius 3 is 2.41 bits per heavy atom. The minimum absolute atomic E-state index is 0.410. The molecule has 1 aromatic rings. The Labute approximate surface area is 102 Å². The highest BCUT2D eigenvalue weighted by Gasteiger charge is 2.27. The lowest BCUT2D eigenvalue weighted by Gasteiger charge is -2.41. The molecule has 1 heterocycles. The molecule has 17 heavy (non-hydrogen) atoms. The second-order valence-corrected chi connectivity index (χ2v) is 4.86. The van der Waals surface area contributed by atoms with Gasteiger partial charge in [0.2, 0.25) is 0 Å². The van der Waals surface area contributed by atoms with Gasteiger partial charge in [-0.25, -0.2) is 4.79 Å². The Morgan fingerprint density at radius 2 is 1.82 bits per heavy atom. The number of piperidine rings is 1. The van der Waals surface area contributed by atoms with Crippen LogP contribution in [0.4, 0.5) is 5.69 Å². The number of rotatable bonds is 2. The fraction of sp³-hybridized carbons (Fsp3) is 0.500. The number of hydrogen-bond acceptors (Lipinski definition) is 2. The van der Waals surface area contributed by atoms with E-state index in [0.717, 1.165) is 18.5 Å². The van der Waals surface area contributed by atoms with Gasteiger partial charge in [-0.05, 0) is 45.2 Å². The molecular weight excluding hydrogens is 214 g/mol. The zero-order valence-electron chi connectivity index (χ0n) is 10.4. The molecule has 1 N–H and O–H groups in total. The van der Waals surface area contributed by atoms with Crippen molar-refractivity contribution in [3.8, 4) is 0 Å². The van der Waals surface area contributed by atoms with Crippen LogP contribution in [0.3, 0.4) is 0 Å². The molecule has 0 aliphatic carbocycles. The van der Waals surface area contributed by atoms with Crippen molar-refractivity contribution >= 4 is 11.7 Å². The largest absolute Gasteiger partial charge is 0.478 e. The molecule has 1 saturated heterocycles. The molecule has 3 heteroatoms. The van der Waals surface area contributed by atoms with Gasteiger partial charge in [-0.1, -0.05) is 12.1 Å². The fourth-order valence-electron chi connectivity index (χ4n) is 2.78. The number of benzene rings is 1. The van der Waals surface area contributed by atoms with Crippen LogP contribution < -0.4 is 4.90 Å². The van der Waals surface area contributed by atoms with E-state index in [2.05, 4.69) is 18.7 Å². The third-order valence-electron chi connectivity index (χ3n) is 3.61. The molecule has 1 aliphatic rings. The summed E-state index contributed by atoms with van der Waals surface area (Å²) < 4.78 is 0. The van der Waals surface area contributed by atoms with Crippen molar-refractivity contribution in [2.24, 2.45) is 0 Å². The minimum Gasteiger partial charge on any atom is -0.478 e. The van der Waals surface area contributed by atoms with Crippen molar-refractivity contribution in [3.05, 3.63) is 29.8 Å². The predicted octanol–water partition coefficient (Wildman–Crippen LogP) is 3.15. The van der Waals surface area contributed by atoms with Gasteiger partial charge in [0.15, 0.2) is 0 Å². The SMILES string of the molecule is C[C@@H]1CCC[C@H](C)N1c1ccccc1C(=O)O. The lowest BCUT2D eigenvalue weighted by atomic mass is 9.95. The minimum atomic E-state index is -0.842. The summed E-state index contributed by atoms with van der Waals surface area (Å²) in [4.78, 5) is 13.5. The maximum Gasteiger partial charge on any atom is 0.337 e. The van der Waals surface area contributed by atoms with Crippen molar-refractivity contribution in [2.45, 2.75) is 45.2 Å². The first-order valence-electron chi connectivity index (χ1n) is 6.22. The number of aromatic carboxylic acids is 1. The summed E-state index contributed by atoms with van der Waals surface area (Å²) in [5.41, 5.74) is 1.27. The van der Waals surface area contributed by atoms with E-state index >= 15 is 0 Å². The molecule has 1 aliphatic heterocycles. The predicted molar refractivity (Wildman–Crippen MR) is 68.7 cm³/mol. The summed E-state index contributed by atoms with van der Waals surface area (Å²) in [5, 5.41) is 9.24. The Balaban J connectivity index is 2.41. The molecule has 0 amide bonds. The molecule has 0 saturated carbocycles. The van der Waals surface area contributed by atoms with E-state index in [1.54, 1.807) is 12.1 Å². The van der Waals surface area contributed by atoms with Gasteiger partial charge in [-0.3, -0.25) is 0 Å². The van der Waals surface area contributed by atoms with Gasteiger partial charge in [0.25, 0.3) is 0 Å². The molecule has 0 bridgehead atoms. The summed E-state index contributed by atoms with van der Waals surface area (Å²) >= 11 is 0. The van der Waals surface area contributed by atoms with Gasteiger partial charge in [-0.2, -0.15) is 0 Å². The molecule has 0 radical (unpaired) electrons. The first kappa shape index (κ1) is 12.0. The number of para-hydroxylation sites is 1. The number of nitrogens with zero attached hydrogens (tertiary/aromatic N) is 1. The first-order valence-corrected chi connectivity index (χ1v) is 6.22. The average Bonchev–Trinajstić information content (AvgIpc) is 2.29. The van der Waals surface area contributed by atoms with Gasteiger partial charge in [0, 0.05) is 12.1 Å². The van der Waals surface area contributed by atoms with Gasteiger partial charge in [0.1, 0.15) is 0 Å². The molecule has 0 spiro atoms. The van der Waals surface area contributed by atoms with Crippen LogP contribution >= 0.6 is 0 Å². The quantitative estimate of drug-likeness (QED) is 0.853. The molecule has 1 aromatic carbocycles. The van der Waals surface area contributed by atoms with Gasteiger partial charge >= 0.3 is 5.97 Å². The zero-order valence-corrected chi connectivity index (χ0v) is 10.4. The summed E-state index contributed by atoms with van der Waals surface area (Å²) in [6.45, 7) is 4.35. The van der Waals surface area contributed by atoms with Crippen molar-refractivity contribution in [1.29, 1.82) is 0 Å². The van der Waals surface area contributed by atoms with E-state index in [4.69, 9.17) is 0 Å². The van der Waals surface area contributed by atoms with Crippen molar-refractivity contribution < 1.29 is 9.90 Å². The Morgan fingerprint density at radius 1 is 1.24 bits per heavy atom. The van der Waals surface area contributed by atoms with Crippen molar-refractivity contribution in [2.75, 3.05) is 4.90 Å². The summed E-state index contributed by atoms with van der Waals surface area (Å²) in [6, 6.07) is 8.13. The highest BCUT2D eigenvalue weighted by atomic mass is 16.4. The number of carboxylic acids is 1. The Bertz CT molecular complexity index is 406. The van der Waals surface area contributed by atoms with Crippen LogP contribution in [-0.2, 0) is 0 Å². The van der Waals surface area contributed by atoms with E-state index in [0.29, 0.717) is 17.6 Å². The lowest BCUT2D eigenvalue weighted by molar-refractivity contribution is 0.0697. The van der Waals surface area contributed by atoms with Crippen LogP contribution in [0.15, 0.2) is 24.3 Å². The molecule has 92 valence electrons. The number of carbonyl (C=O) groups is 1. The molecule has 2 rings (SSSR count). The molecule has 0 unspecified atom stereocenters. The van der Waals surface area contributed by atoms with Crippen LogP contribution in [0, 0.1) is 0 Å². The summed E-state index contributed by atoms with van der Waals surface area (Å²) in [6.07, 6.45) is 3.50. The van der Waals surface area contributed by atoms with Crippen LogP contribution in [-0.4, -0.2) is 23.2 Å². The third-order valence-corrected chi connectivity index (χ3v) is 3.61. The number of carboxylic acid groups (broad SMARTS) is 1. The first-order chi connectivity index (χ1) is 8.11. The fourth-order valence-corrected chi connectivity index (χ4v) is 2.78. The van der Waals surface area contributed by atoms with E-state index in [1.807, 2.05) is 12.1 Å².